The van der Waals surface area contributed by atoms with Gasteiger partial charge in [0.1, 0.15) is 5.82 Å². The normalized spacial score (nSPS) is 27.2. The predicted octanol–water partition coefficient (Wildman–Crippen LogP) is -0.152. The van der Waals surface area contributed by atoms with Gasteiger partial charge in [-0.2, -0.15) is 4.31 Å². The van der Waals surface area contributed by atoms with Crippen LogP contribution in [0.4, 0.5) is 4.39 Å². The van der Waals surface area contributed by atoms with Crippen molar-refractivity contribution in [3.8, 4) is 0 Å². The van der Waals surface area contributed by atoms with Gasteiger partial charge in [-0.1, -0.05) is 12.8 Å². The molecule has 0 spiro atoms. The maximum absolute atomic E-state index is 13.1. The molecule has 0 bridgehead atoms. The first-order valence-corrected chi connectivity index (χ1v) is 11.3. The van der Waals surface area contributed by atoms with Crippen molar-refractivity contribution >= 4 is 21.8 Å². The molecular weight excluding hydrogens is 385 g/mol. The number of quaternary nitrogens is 1. The van der Waals surface area contributed by atoms with Gasteiger partial charge in [-0.05, 0) is 37.1 Å². The third-order valence-electron chi connectivity index (χ3n) is 6.20. The highest BCUT2D eigenvalue weighted by Gasteiger charge is 2.49. The maximum Gasteiger partial charge on any atom is 0.243 e. The van der Waals surface area contributed by atoms with Crippen LogP contribution in [0.5, 0.6) is 0 Å². The third kappa shape index (κ3) is 3.46. The molecular formula is C19H25FN3O4S+. The van der Waals surface area contributed by atoms with E-state index in [1.165, 1.54) is 21.3 Å². The van der Waals surface area contributed by atoms with E-state index in [1.807, 2.05) is 0 Å². The van der Waals surface area contributed by atoms with E-state index in [2.05, 4.69) is 0 Å². The van der Waals surface area contributed by atoms with Gasteiger partial charge in [0.05, 0.1) is 42.9 Å². The lowest BCUT2D eigenvalue weighted by molar-refractivity contribution is -0.910. The van der Waals surface area contributed by atoms with E-state index in [9.17, 15) is 22.4 Å². The number of carbonyl (C=O) groups excluding carboxylic acids is 2. The van der Waals surface area contributed by atoms with Gasteiger partial charge < -0.3 is 4.90 Å². The number of halogens is 1. The summed E-state index contributed by atoms with van der Waals surface area (Å²) in [7, 11) is -3.66. The Morgan fingerprint density at radius 3 is 2.04 bits per heavy atom. The van der Waals surface area contributed by atoms with Crippen LogP contribution < -0.4 is 4.90 Å². The number of hydrogen-bond donors (Lipinski definition) is 1. The van der Waals surface area contributed by atoms with Crippen molar-refractivity contribution < 1.29 is 27.3 Å². The van der Waals surface area contributed by atoms with Crippen LogP contribution in [0.25, 0.3) is 0 Å². The van der Waals surface area contributed by atoms with Crippen molar-refractivity contribution in [3.05, 3.63) is 30.1 Å². The minimum atomic E-state index is -3.66. The van der Waals surface area contributed by atoms with E-state index >= 15 is 0 Å². The van der Waals surface area contributed by atoms with E-state index in [4.69, 9.17) is 0 Å². The third-order valence-corrected chi connectivity index (χ3v) is 8.11. The molecule has 3 fully saturated rings. The Hall–Kier alpha value is -1.84. The summed E-state index contributed by atoms with van der Waals surface area (Å²) in [6.07, 6.45) is 3.59. The van der Waals surface area contributed by atoms with Crippen LogP contribution in [0.2, 0.25) is 0 Å². The molecule has 4 rings (SSSR count). The summed E-state index contributed by atoms with van der Waals surface area (Å²) in [4.78, 5) is 27.7. The minimum Gasteiger partial charge on any atom is -0.315 e. The van der Waals surface area contributed by atoms with Crippen LogP contribution in [0.15, 0.2) is 29.2 Å². The molecule has 3 aliphatic rings. The number of nitrogens with zero attached hydrogens (tertiary/aromatic N) is 2. The summed E-state index contributed by atoms with van der Waals surface area (Å²) in [6, 6.07) is 4.82. The molecule has 28 heavy (non-hydrogen) atoms. The Labute approximate surface area is 164 Å². The number of rotatable bonds is 4. The largest absolute Gasteiger partial charge is 0.315 e. The molecule has 1 aromatic carbocycles. The van der Waals surface area contributed by atoms with Gasteiger partial charge in [-0.25, -0.2) is 17.7 Å². The van der Waals surface area contributed by atoms with E-state index in [0.29, 0.717) is 32.8 Å². The molecule has 0 radical (unpaired) electrons. The second-order valence-corrected chi connectivity index (χ2v) is 9.81. The fraction of sp³-hybridized carbons (Fsp3) is 0.579. The van der Waals surface area contributed by atoms with Gasteiger partial charge in [-0.15, -0.1) is 0 Å². The van der Waals surface area contributed by atoms with Gasteiger partial charge in [0.25, 0.3) is 0 Å². The zero-order valence-corrected chi connectivity index (χ0v) is 16.5. The lowest BCUT2D eigenvalue weighted by Gasteiger charge is -2.33. The highest BCUT2D eigenvalue weighted by Crippen LogP contribution is 2.37. The number of fused-ring (bicyclic) bond motifs is 1. The maximum atomic E-state index is 13.1. The van der Waals surface area contributed by atoms with E-state index in [1.54, 1.807) is 0 Å². The molecule has 2 saturated heterocycles. The Kier molecular flexibility index (Phi) is 5.24. The number of amides is 2. The predicted molar refractivity (Wildman–Crippen MR) is 98.0 cm³/mol. The van der Waals surface area contributed by atoms with Crippen molar-refractivity contribution in [2.24, 2.45) is 11.8 Å². The molecule has 2 amide bonds. The summed E-state index contributed by atoms with van der Waals surface area (Å²) < 4.78 is 39.9. The number of nitrogens with one attached hydrogen (secondary N) is 1. The molecule has 7 nitrogen and oxygen atoms in total. The zero-order valence-electron chi connectivity index (χ0n) is 15.6. The number of carbonyl (C=O) groups is 2. The quantitative estimate of drug-likeness (QED) is 0.700. The number of piperazine rings is 1. The van der Waals surface area contributed by atoms with E-state index in [-0.39, 0.29) is 28.5 Å². The van der Waals surface area contributed by atoms with Crippen molar-refractivity contribution in [2.45, 2.75) is 30.6 Å². The molecule has 2 atom stereocenters. The van der Waals surface area contributed by atoms with Crippen molar-refractivity contribution in [1.82, 2.24) is 9.21 Å². The average molecular weight is 410 g/mol. The lowest BCUT2D eigenvalue weighted by Crippen LogP contribution is -3.16. The first-order valence-electron chi connectivity index (χ1n) is 9.82. The van der Waals surface area contributed by atoms with E-state index < -0.39 is 15.8 Å². The second-order valence-electron chi connectivity index (χ2n) is 7.87. The Balaban J connectivity index is 1.37. The van der Waals surface area contributed by atoms with Crippen LogP contribution in [0.1, 0.15) is 25.7 Å². The molecule has 1 aromatic rings. The van der Waals surface area contributed by atoms with Gasteiger partial charge in [-0.3, -0.25) is 9.59 Å². The smallest absolute Gasteiger partial charge is 0.243 e. The Bertz CT molecular complexity index is 842. The van der Waals surface area contributed by atoms with Crippen molar-refractivity contribution in [3.63, 3.8) is 0 Å². The number of sulfonamides is 1. The fourth-order valence-electron chi connectivity index (χ4n) is 4.57. The van der Waals surface area contributed by atoms with Crippen LogP contribution >= 0.6 is 0 Å². The number of likely N-dealkylation sites (tertiary alicyclic amines) is 1. The van der Waals surface area contributed by atoms with Crippen LogP contribution in [0.3, 0.4) is 0 Å². The number of imide groups is 1. The topological polar surface area (TPSA) is 79.2 Å². The number of benzene rings is 1. The van der Waals surface area contributed by atoms with Crippen molar-refractivity contribution in [2.75, 3.05) is 32.8 Å². The summed E-state index contributed by atoms with van der Waals surface area (Å²) in [5.74, 6) is -0.887. The highest BCUT2D eigenvalue weighted by molar-refractivity contribution is 7.89. The molecule has 0 unspecified atom stereocenters. The number of hydrogen-bond acceptors (Lipinski definition) is 4. The van der Waals surface area contributed by atoms with Gasteiger partial charge in [0, 0.05) is 0 Å². The molecule has 2 heterocycles. The summed E-state index contributed by atoms with van der Waals surface area (Å²) >= 11 is 0. The van der Waals surface area contributed by atoms with E-state index in [0.717, 1.165) is 42.7 Å². The standard InChI is InChI=1S/C19H24FN3O4S/c20-14-5-7-15(8-6-14)28(26,27)22-11-9-21(10-12-22)13-23-18(24)16-3-1-2-4-17(16)19(23)25/h5-8,16-17H,1-4,9-13H2/p+1/t16-,17+. The van der Waals surface area contributed by atoms with Gasteiger partial charge >= 0.3 is 0 Å². The van der Waals surface area contributed by atoms with Crippen LogP contribution in [-0.4, -0.2) is 62.3 Å². The highest BCUT2D eigenvalue weighted by atomic mass is 32.2. The fourth-order valence-corrected chi connectivity index (χ4v) is 6.01. The van der Waals surface area contributed by atoms with Crippen LogP contribution in [-0.2, 0) is 19.6 Å². The molecule has 0 aromatic heterocycles. The van der Waals surface area contributed by atoms with Gasteiger partial charge in [0.2, 0.25) is 21.8 Å². The first kappa shape index (κ1) is 19.5. The van der Waals surface area contributed by atoms with Crippen molar-refractivity contribution in [1.29, 1.82) is 0 Å². The Morgan fingerprint density at radius 2 is 1.50 bits per heavy atom. The molecule has 1 saturated carbocycles. The zero-order chi connectivity index (χ0) is 19.9. The first-order chi connectivity index (χ1) is 13.4. The lowest BCUT2D eigenvalue weighted by atomic mass is 9.81. The SMILES string of the molecule is O=C1[C@H]2CCCC[C@H]2C(=O)N1C[NH+]1CCN(S(=O)(=O)c2ccc(F)cc2)CC1. The van der Waals surface area contributed by atoms with Gasteiger partial charge in [0.15, 0.2) is 6.67 Å². The molecule has 1 N–H and O–H groups in total. The van der Waals surface area contributed by atoms with Crippen LogP contribution in [0, 0.1) is 17.7 Å². The summed E-state index contributed by atoms with van der Waals surface area (Å²) in [5, 5.41) is 0. The minimum absolute atomic E-state index is 0.0523. The second kappa shape index (κ2) is 7.53. The average Bonchev–Trinajstić information content (AvgIpc) is 2.94. The summed E-state index contributed by atoms with van der Waals surface area (Å²) in [6.45, 7) is 1.96. The molecule has 2 aliphatic heterocycles. The molecule has 9 heteroatoms. The molecule has 1 aliphatic carbocycles. The Morgan fingerprint density at radius 1 is 0.964 bits per heavy atom. The summed E-state index contributed by atoms with van der Waals surface area (Å²) in [5.41, 5.74) is 0. The monoisotopic (exact) mass is 410 g/mol. The molecule has 152 valence electrons.